The second-order valence-electron chi connectivity index (χ2n) is 6.09. The number of benzene rings is 1. The van der Waals surface area contributed by atoms with Crippen LogP contribution < -0.4 is 16.2 Å². The number of thiophene rings is 1. The first-order valence-corrected chi connectivity index (χ1v) is 9.04. The lowest BCUT2D eigenvalue weighted by Crippen LogP contribution is -2.37. The summed E-state index contributed by atoms with van der Waals surface area (Å²) in [4.78, 5) is 42.2. The van der Waals surface area contributed by atoms with Crippen LogP contribution in [0.25, 0.3) is 10.2 Å². The molecular weight excluding hydrogens is 390 g/mol. The molecule has 2 N–H and O–H groups in total. The van der Waals surface area contributed by atoms with E-state index in [0.717, 1.165) is 22.6 Å². The van der Waals surface area contributed by atoms with Gasteiger partial charge in [-0.25, -0.2) is 13.8 Å². The van der Waals surface area contributed by atoms with E-state index in [1.165, 1.54) is 28.3 Å². The van der Waals surface area contributed by atoms with Gasteiger partial charge in [0.1, 0.15) is 11.4 Å². The fourth-order valence-electron chi connectivity index (χ4n) is 2.55. The molecule has 0 atom stereocenters. The summed E-state index contributed by atoms with van der Waals surface area (Å²) in [5.74, 6) is -3.31. The molecular formula is C18H16F2N4O3S. The number of carbonyl (C=O) groups is 2. The van der Waals surface area contributed by atoms with Crippen molar-refractivity contribution in [3.63, 3.8) is 0 Å². The number of carbonyl (C=O) groups excluding carboxylic acids is 2. The van der Waals surface area contributed by atoms with Crippen LogP contribution in [0.1, 0.15) is 10.4 Å². The zero-order valence-electron chi connectivity index (χ0n) is 15.0. The minimum atomic E-state index is -1.09. The predicted molar refractivity (Wildman–Crippen MR) is 101 cm³/mol. The summed E-state index contributed by atoms with van der Waals surface area (Å²) >= 11 is 1.41. The maximum Gasteiger partial charge on any atom is 0.262 e. The van der Waals surface area contributed by atoms with Crippen LogP contribution in [0.3, 0.4) is 0 Å². The topological polar surface area (TPSA) is 93.1 Å². The van der Waals surface area contributed by atoms with Gasteiger partial charge in [-0.2, -0.15) is 0 Å². The van der Waals surface area contributed by atoms with Crippen LogP contribution >= 0.6 is 11.3 Å². The van der Waals surface area contributed by atoms with E-state index < -0.39 is 30.0 Å². The number of anilines is 1. The Labute approximate surface area is 162 Å². The predicted octanol–water partition coefficient (Wildman–Crippen LogP) is 2.11. The molecule has 0 bridgehead atoms. The van der Waals surface area contributed by atoms with Gasteiger partial charge >= 0.3 is 0 Å². The standard InChI is InChI=1S/C18H16F2N4O3S/c1-9-10(2)28-17-16(9)18(27)24(8-22-17)7-15(26)21-6-14(25)23-11-3-4-12(19)13(20)5-11/h3-5,8H,6-7H2,1-2H3,(H,21,26)(H,23,25). The van der Waals surface area contributed by atoms with Crippen molar-refractivity contribution < 1.29 is 18.4 Å². The van der Waals surface area contributed by atoms with Gasteiger partial charge in [0, 0.05) is 16.6 Å². The van der Waals surface area contributed by atoms with E-state index in [9.17, 15) is 23.2 Å². The maximum atomic E-state index is 13.1. The molecule has 3 aromatic rings. The van der Waals surface area contributed by atoms with Gasteiger partial charge in [-0.3, -0.25) is 19.0 Å². The second-order valence-corrected chi connectivity index (χ2v) is 7.30. The molecule has 0 spiro atoms. The normalized spacial score (nSPS) is 10.9. The van der Waals surface area contributed by atoms with E-state index in [-0.39, 0.29) is 17.8 Å². The van der Waals surface area contributed by atoms with Crippen LogP contribution in [0.4, 0.5) is 14.5 Å². The molecule has 2 amide bonds. The molecule has 146 valence electrons. The highest BCUT2D eigenvalue weighted by Gasteiger charge is 2.14. The number of hydrogen-bond acceptors (Lipinski definition) is 5. The quantitative estimate of drug-likeness (QED) is 0.679. The Balaban J connectivity index is 1.61. The van der Waals surface area contributed by atoms with Crippen molar-refractivity contribution in [1.82, 2.24) is 14.9 Å². The number of aryl methyl sites for hydroxylation is 2. The Hall–Kier alpha value is -3.14. The van der Waals surface area contributed by atoms with Crippen molar-refractivity contribution in [2.45, 2.75) is 20.4 Å². The van der Waals surface area contributed by atoms with Gasteiger partial charge in [-0.1, -0.05) is 0 Å². The molecule has 0 aliphatic rings. The molecule has 10 heteroatoms. The summed E-state index contributed by atoms with van der Waals surface area (Å²) in [6.07, 6.45) is 1.29. The van der Waals surface area contributed by atoms with Gasteiger partial charge in [0.25, 0.3) is 5.56 Å². The van der Waals surface area contributed by atoms with Crippen LogP contribution in [0, 0.1) is 25.5 Å². The number of amides is 2. The first kappa shape index (κ1) is 19.6. The van der Waals surface area contributed by atoms with Gasteiger partial charge < -0.3 is 10.6 Å². The molecule has 0 aliphatic carbocycles. The van der Waals surface area contributed by atoms with E-state index in [4.69, 9.17) is 0 Å². The number of hydrogen-bond donors (Lipinski definition) is 2. The SMILES string of the molecule is Cc1sc2ncn(CC(=O)NCC(=O)Nc3ccc(F)c(F)c3)c(=O)c2c1C. The third kappa shape index (κ3) is 4.06. The Morgan fingerprint density at radius 2 is 1.93 bits per heavy atom. The molecule has 3 rings (SSSR count). The smallest absolute Gasteiger partial charge is 0.262 e. The van der Waals surface area contributed by atoms with Crippen molar-refractivity contribution in [2.75, 3.05) is 11.9 Å². The lowest BCUT2D eigenvalue weighted by Gasteiger charge is -2.08. The van der Waals surface area contributed by atoms with Crippen molar-refractivity contribution in [1.29, 1.82) is 0 Å². The van der Waals surface area contributed by atoms with Crippen molar-refractivity contribution in [3.8, 4) is 0 Å². The number of nitrogens with zero attached hydrogens (tertiary/aromatic N) is 2. The molecule has 0 radical (unpaired) electrons. The van der Waals surface area contributed by atoms with Gasteiger partial charge in [-0.05, 0) is 31.5 Å². The summed E-state index contributed by atoms with van der Waals surface area (Å²) in [5.41, 5.74) is 0.568. The fourth-order valence-corrected chi connectivity index (χ4v) is 3.54. The summed E-state index contributed by atoms with van der Waals surface area (Å²) in [6, 6.07) is 2.91. The number of fused-ring (bicyclic) bond motifs is 1. The van der Waals surface area contributed by atoms with Gasteiger partial charge in [0.15, 0.2) is 11.6 Å². The van der Waals surface area contributed by atoms with Crippen molar-refractivity contribution in [3.05, 3.63) is 57.0 Å². The number of aromatic nitrogens is 2. The molecule has 0 aliphatic heterocycles. The molecule has 0 fully saturated rings. The molecule has 7 nitrogen and oxygen atoms in total. The Morgan fingerprint density at radius 1 is 1.18 bits per heavy atom. The first-order valence-electron chi connectivity index (χ1n) is 8.23. The second kappa shape index (κ2) is 7.85. The molecule has 0 unspecified atom stereocenters. The van der Waals surface area contributed by atoms with Gasteiger partial charge in [0.2, 0.25) is 11.8 Å². The highest BCUT2D eigenvalue weighted by molar-refractivity contribution is 7.18. The first-order chi connectivity index (χ1) is 13.3. The van der Waals surface area contributed by atoms with Crippen molar-refractivity contribution in [2.24, 2.45) is 0 Å². The molecule has 2 heterocycles. The van der Waals surface area contributed by atoms with E-state index in [2.05, 4.69) is 15.6 Å². The largest absolute Gasteiger partial charge is 0.345 e. The Kier molecular flexibility index (Phi) is 5.50. The van der Waals surface area contributed by atoms with Crippen LogP contribution in [0.5, 0.6) is 0 Å². The van der Waals surface area contributed by atoms with Gasteiger partial charge in [0.05, 0.1) is 18.3 Å². The molecule has 1 aromatic carbocycles. The molecule has 28 heavy (non-hydrogen) atoms. The highest BCUT2D eigenvalue weighted by Crippen LogP contribution is 2.25. The lowest BCUT2D eigenvalue weighted by atomic mass is 10.2. The average molecular weight is 406 g/mol. The van der Waals surface area contributed by atoms with E-state index in [0.29, 0.717) is 10.2 Å². The Morgan fingerprint density at radius 3 is 2.64 bits per heavy atom. The number of rotatable bonds is 5. The molecule has 0 saturated carbocycles. The zero-order chi connectivity index (χ0) is 20.4. The third-order valence-electron chi connectivity index (χ3n) is 4.12. The summed E-state index contributed by atoms with van der Waals surface area (Å²) in [7, 11) is 0. The Bertz CT molecular complexity index is 1140. The van der Waals surface area contributed by atoms with Crippen LogP contribution in [0.2, 0.25) is 0 Å². The fraction of sp³-hybridized carbons (Fsp3) is 0.222. The highest BCUT2D eigenvalue weighted by atomic mass is 32.1. The van der Waals surface area contributed by atoms with Crippen LogP contribution in [-0.4, -0.2) is 27.9 Å². The maximum absolute atomic E-state index is 13.1. The van der Waals surface area contributed by atoms with Crippen LogP contribution in [-0.2, 0) is 16.1 Å². The summed E-state index contributed by atoms with van der Waals surface area (Å²) < 4.78 is 27.2. The summed E-state index contributed by atoms with van der Waals surface area (Å²) in [5, 5.41) is 5.18. The third-order valence-corrected chi connectivity index (χ3v) is 5.23. The van der Waals surface area contributed by atoms with Gasteiger partial charge in [-0.15, -0.1) is 11.3 Å². The molecule has 2 aromatic heterocycles. The van der Waals surface area contributed by atoms with E-state index >= 15 is 0 Å². The van der Waals surface area contributed by atoms with E-state index in [1.807, 2.05) is 13.8 Å². The van der Waals surface area contributed by atoms with Crippen molar-refractivity contribution >= 4 is 39.1 Å². The van der Waals surface area contributed by atoms with Crippen LogP contribution in [0.15, 0.2) is 29.3 Å². The molecule has 0 saturated heterocycles. The minimum absolute atomic E-state index is 0.0623. The monoisotopic (exact) mass is 406 g/mol. The average Bonchev–Trinajstić information content (AvgIpc) is 2.94. The van der Waals surface area contributed by atoms with E-state index in [1.54, 1.807) is 0 Å². The zero-order valence-corrected chi connectivity index (χ0v) is 15.8. The minimum Gasteiger partial charge on any atom is -0.345 e. The lowest BCUT2D eigenvalue weighted by molar-refractivity contribution is -0.124. The number of nitrogens with one attached hydrogen (secondary N) is 2. The summed E-state index contributed by atoms with van der Waals surface area (Å²) in [6.45, 7) is 3.03. The number of halogens is 2.